The molecule has 1 aliphatic carbocycles. The molecule has 0 spiro atoms. The van der Waals surface area contributed by atoms with Crippen molar-refractivity contribution in [3.63, 3.8) is 0 Å². The SMILES string of the molecule is CN[C@H](CCc1cccs1)Oc1cccc2c1CC=CC2. The van der Waals surface area contributed by atoms with Crippen LogP contribution >= 0.6 is 11.3 Å². The number of rotatable bonds is 6. The van der Waals surface area contributed by atoms with Crippen molar-refractivity contribution >= 4 is 11.3 Å². The molecule has 0 unspecified atom stereocenters. The standard InChI is InChI=1S/C18H21NOS/c1-19-18(12-11-15-8-5-13-21-15)20-17-10-4-7-14-6-2-3-9-16(14)17/h2-5,7-8,10,13,18-19H,6,9,11-12H2,1H3/t18-/m0/s1. The summed E-state index contributed by atoms with van der Waals surface area (Å²) in [7, 11) is 1.97. The number of benzene rings is 1. The van der Waals surface area contributed by atoms with E-state index in [0.717, 1.165) is 31.4 Å². The Morgan fingerprint density at radius 3 is 2.90 bits per heavy atom. The van der Waals surface area contributed by atoms with Crippen LogP contribution in [0.3, 0.4) is 0 Å². The maximum Gasteiger partial charge on any atom is 0.150 e. The second-order valence-electron chi connectivity index (χ2n) is 5.29. The molecule has 1 heterocycles. The molecule has 0 radical (unpaired) electrons. The minimum Gasteiger partial charge on any atom is -0.475 e. The summed E-state index contributed by atoms with van der Waals surface area (Å²) in [5.41, 5.74) is 2.74. The van der Waals surface area contributed by atoms with Gasteiger partial charge in [-0.2, -0.15) is 0 Å². The second kappa shape index (κ2) is 6.92. The highest BCUT2D eigenvalue weighted by Gasteiger charge is 2.14. The van der Waals surface area contributed by atoms with E-state index in [2.05, 4.69) is 53.2 Å². The van der Waals surface area contributed by atoms with Crippen molar-refractivity contribution in [1.29, 1.82) is 0 Å². The number of hydrogen-bond acceptors (Lipinski definition) is 3. The number of allylic oxidation sites excluding steroid dienone is 2. The first-order chi connectivity index (χ1) is 10.4. The Morgan fingerprint density at radius 1 is 1.19 bits per heavy atom. The molecule has 3 heteroatoms. The van der Waals surface area contributed by atoms with Crippen LogP contribution in [0.15, 0.2) is 47.9 Å². The maximum atomic E-state index is 6.22. The minimum absolute atomic E-state index is 0.0597. The lowest BCUT2D eigenvalue weighted by molar-refractivity contribution is 0.162. The van der Waals surface area contributed by atoms with Crippen molar-refractivity contribution in [2.45, 2.75) is 31.9 Å². The Labute approximate surface area is 130 Å². The zero-order valence-corrected chi connectivity index (χ0v) is 13.2. The van der Waals surface area contributed by atoms with Gasteiger partial charge in [-0.15, -0.1) is 11.3 Å². The molecule has 1 aromatic carbocycles. The fourth-order valence-corrected chi connectivity index (χ4v) is 3.42. The van der Waals surface area contributed by atoms with Gasteiger partial charge in [-0.25, -0.2) is 0 Å². The fraction of sp³-hybridized carbons (Fsp3) is 0.333. The van der Waals surface area contributed by atoms with E-state index < -0.39 is 0 Å². The van der Waals surface area contributed by atoms with Crippen LogP contribution in [0.2, 0.25) is 0 Å². The lowest BCUT2D eigenvalue weighted by Gasteiger charge is -2.22. The Morgan fingerprint density at radius 2 is 2.10 bits per heavy atom. The van der Waals surface area contributed by atoms with E-state index in [9.17, 15) is 0 Å². The molecular formula is C18H21NOS. The Hall–Kier alpha value is -1.58. The van der Waals surface area contributed by atoms with Gasteiger partial charge < -0.3 is 4.74 Å². The molecule has 1 aliphatic rings. The van der Waals surface area contributed by atoms with Gasteiger partial charge in [0.15, 0.2) is 0 Å². The van der Waals surface area contributed by atoms with Crippen molar-refractivity contribution in [3.05, 3.63) is 63.9 Å². The first-order valence-corrected chi connectivity index (χ1v) is 8.37. The number of hydrogen-bond donors (Lipinski definition) is 1. The third-order valence-corrected chi connectivity index (χ3v) is 4.82. The van der Waals surface area contributed by atoms with Gasteiger partial charge in [0.1, 0.15) is 12.0 Å². The van der Waals surface area contributed by atoms with Gasteiger partial charge in [0.05, 0.1) is 0 Å². The average Bonchev–Trinajstić information content (AvgIpc) is 3.05. The average molecular weight is 299 g/mol. The molecule has 3 rings (SSSR count). The smallest absolute Gasteiger partial charge is 0.150 e. The molecular weight excluding hydrogens is 278 g/mol. The van der Waals surface area contributed by atoms with E-state index in [1.165, 1.54) is 16.0 Å². The molecule has 110 valence electrons. The Kier molecular flexibility index (Phi) is 4.73. The second-order valence-corrected chi connectivity index (χ2v) is 6.32. The van der Waals surface area contributed by atoms with Crippen LogP contribution in [0.1, 0.15) is 22.4 Å². The van der Waals surface area contributed by atoms with Crippen LogP contribution in [0.4, 0.5) is 0 Å². The summed E-state index contributed by atoms with van der Waals surface area (Å²) in [6.45, 7) is 0. The number of ether oxygens (including phenoxy) is 1. The Bertz CT molecular complexity index is 604. The zero-order chi connectivity index (χ0) is 14.5. The third-order valence-electron chi connectivity index (χ3n) is 3.88. The highest BCUT2D eigenvalue weighted by atomic mass is 32.1. The fourth-order valence-electron chi connectivity index (χ4n) is 2.70. The minimum atomic E-state index is 0.0597. The van der Waals surface area contributed by atoms with E-state index in [1.54, 1.807) is 0 Å². The molecule has 1 aromatic heterocycles. The molecule has 0 saturated heterocycles. The highest BCUT2D eigenvalue weighted by molar-refractivity contribution is 7.09. The molecule has 0 saturated carbocycles. The lowest BCUT2D eigenvalue weighted by atomic mass is 9.96. The summed E-state index contributed by atoms with van der Waals surface area (Å²) in [4.78, 5) is 1.41. The van der Waals surface area contributed by atoms with Gasteiger partial charge in [-0.3, -0.25) is 5.32 Å². The van der Waals surface area contributed by atoms with Gasteiger partial charge in [0, 0.05) is 16.9 Å². The van der Waals surface area contributed by atoms with Crippen molar-refractivity contribution < 1.29 is 4.74 Å². The number of aryl methyl sites for hydroxylation is 1. The predicted molar refractivity (Wildman–Crippen MR) is 89.1 cm³/mol. The number of thiophene rings is 1. The van der Waals surface area contributed by atoms with Crippen LogP contribution in [-0.4, -0.2) is 13.3 Å². The van der Waals surface area contributed by atoms with Gasteiger partial charge in [-0.1, -0.05) is 30.4 Å². The third kappa shape index (κ3) is 3.55. The normalized spacial score (nSPS) is 14.7. The molecule has 2 nitrogen and oxygen atoms in total. The van der Waals surface area contributed by atoms with Crippen molar-refractivity contribution in [2.24, 2.45) is 0 Å². The summed E-state index contributed by atoms with van der Waals surface area (Å²) in [5, 5.41) is 5.41. The topological polar surface area (TPSA) is 21.3 Å². The van der Waals surface area contributed by atoms with Gasteiger partial charge in [0.2, 0.25) is 0 Å². The molecule has 0 aliphatic heterocycles. The predicted octanol–water partition coefficient (Wildman–Crippen LogP) is 3.96. The van der Waals surface area contributed by atoms with Crippen LogP contribution in [0.25, 0.3) is 0 Å². The molecule has 0 bridgehead atoms. The first-order valence-electron chi connectivity index (χ1n) is 7.49. The highest BCUT2D eigenvalue weighted by Crippen LogP contribution is 2.28. The molecule has 21 heavy (non-hydrogen) atoms. The van der Waals surface area contributed by atoms with Gasteiger partial charge in [-0.05, 0) is 49.4 Å². The van der Waals surface area contributed by atoms with E-state index in [4.69, 9.17) is 4.74 Å². The van der Waals surface area contributed by atoms with Crippen LogP contribution in [0, 0.1) is 0 Å². The van der Waals surface area contributed by atoms with Gasteiger partial charge in [0.25, 0.3) is 0 Å². The summed E-state index contributed by atoms with van der Waals surface area (Å²) < 4.78 is 6.22. The zero-order valence-electron chi connectivity index (χ0n) is 12.3. The lowest BCUT2D eigenvalue weighted by Crippen LogP contribution is -2.32. The van der Waals surface area contributed by atoms with E-state index in [1.807, 2.05) is 18.4 Å². The van der Waals surface area contributed by atoms with Crippen LogP contribution < -0.4 is 10.1 Å². The van der Waals surface area contributed by atoms with Gasteiger partial charge >= 0.3 is 0 Å². The molecule has 0 fully saturated rings. The van der Waals surface area contributed by atoms with Crippen molar-refractivity contribution in [2.75, 3.05) is 7.05 Å². The summed E-state index contributed by atoms with van der Waals surface area (Å²) in [5.74, 6) is 1.03. The maximum absolute atomic E-state index is 6.22. The molecule has 1 atom stereocenters. The molecule has 2 aromatic rings. The van der Waals surface area contributed by atoms with E-state index in [0.29, 0.717) is 0 Å². The summed E-state index contributed by atoms with van der Waals surface area (Å²) in [6, 6.07) is 10.7. The monoisotopic (exact) mass is 299 g/mol. The number of nitrogens with one attached hydrogen (secondary N) is 1. The van der Waals surface area contributed by atoms with Crippen molar-refractivity contribution in [3.8, 4) is 5.75 Å². The Balaban J connectivity index is 1.67. The first kappa shape index (κ1) is 14.4. The summed E-state index contributed by atoms with van der Waals surface area (Å²) in [6.07, 6.45) is 8.56. The summed E-state index contributed by atoms with van der Waals surface area (Å²) >= 11 is 1.81. The van der Waals surface area contributed by atoms with Crippen LogP contribution in [-0.2, 0) is 19.3 Å². The van der Waals surface area contributed by atoms with Crippen LogP contribution in [0.5, 0.6) is 5.75 Å². The number of fused-ring (bicyclic) bond motifs is 1. The quantitative estimate of drug-likeness (QED) is 0.644. The van der Waals surface area contributed by atoms with Crippen molar-refractivity contribution in [1.82, 2.24) is 5.32 Å². The molecule has 1 N–H and O–H groups in total. The largest absolute Gasteiger partial charge is 0.475 e. The molecule has 0 amide bonds. The van der Waals surface area contributed by atoms with E-state index >= 15 is 0 Å². The van der Waals surface area contributed by atoms with E-state index in [-0.39, 0.29) is 6.23 Å².